The Kier molecular flexibility index (Phi) is 4.37. The van der Waals surface area contributed by atoms with Crippen LogP contribution in [0.3, 0.4) is 0 Å². The molecule has 0 amide bonds. The molecule has 134 valence electrons. The highest BCUT2D eigenvalue weighted by Gasteiger charge is 2.56. The molecule has 4 atom stereocenters. The monoisotopic (exact) mass is 329 g/mol. The van der Waals surface area contributed by atoms with E-state index in [0.29, 0.717) is 23.9 Å². The summed E-state index contributed by atoms with van der Waals surface area (Å²) in [4.78, 5) is 6.44. The lowest BCUT2D eigenvalue weighted by molar-refractivity contribution is -0.215. The first-order valence-electron chi connectivity index (χ1n) is 9.60. The van der Waals surface area contributed by atoms with Crippen molar-refractivity contribution >= 4 is 0 Å². The summed E-state index contributed by atoms with van der Waals surface area (Å²) in [5.41, 5.74) is 4.44. The highest BCUT2D eigenvalue weighted by molar-refractivity contribution is 5.35. The summed E-state index contributed by atoms with van der Waals surface area (Å²) in [5.74, 6) is 1.22. The molecule has 0 N–H and O–H groups in total. The van der Waals surface area contributed by atoms with E-state index in [1.807, 2.05) is 0 Å². The molecule has 2 heteroatoms. The van der Waals surface area contributed by atoms with Gasteiger partial charge in [0.1, 0.15) is 0 Å². The van der Waals surface area contributed by atoms with Crippen LogP contribution in [0.25, 0.3) is 0 Å². The van der Waals surface area contributed by atoms with E-state index in [1.54, 1.807) is 0 Å². The van der Waals surface area contributed by atoms with Gasteiger partial charge in [-0.1, -0.05) is 43.2 Å². The highest BCUT2D eigenvalue weighted by atomic mass is 16.7. The van der Waals surface area contributed by atoms with Crippen LogP contribution in [0.5, 0.6) is 0 Å². The van der Waals surface area contributed by atoms with Gasteiger partial charge in [0.15, 0.2) is 0 Å². The molecule has 1 aliphatic carbocycles. The predicted molar refractivity (Wildman–Crippen MR) is 101 cm³/mol. The molecule has 3 rings (SSSR count). The first kappa shape index (κ1) is 17.9. The molecule has 1 aromatic carbocycles. The van der Waals surface area contributed by atoms with E-state index in [9.17, 15) is 0 Å². The molecule has 2 aliphatic rings. The zero-order valence-corrected chi connectivity index (χ0v) is 16.8. The molecule has 1 saturated carbocycles. The predicted octanol–water partition coefficient (Wildman–Crippen LogP) is 5.41. The van der Waals surface area contributed by atoms with E-state index in [0.717, 1.165) is 0 Å². The molecule has 24 heavy (non-hydrogen) atoms. The summed E-state index contributed by atoms with van der Waals surface area (Å²) >= 11 is 0. The third-order valence-corrected chi connectivity index (χ3v) is 6.39. The van der Waals surface area contributed by atoms with Crippen molar-refractivity contribution in [2.45, 2.75) is 91.3 Å². The van der Waals surface area contributed by atoms with Gasteiger partial charge >= 0.3 is 0 Å². The SMILES string of the molecule is Cc1cc(C)cc(C2(C)CC(C)C3C(C2)C(C)(C)ON3C(C)C)c1. The van der Waals surface area contributed by atoms with Crippen LogP contribution in [0.2, 0.25) is 0 Å². The molecule has 4 unspecified atom stereocenters. The zero-order valence-electron chi connectivity index (χ0n) is 16.8. The minimum Gasteiger partial charge on any atom is -0.292 e. The van der Waals surface area contributed by atoms with Crippen molar-refractivity contribution in [2.75, 3.05) is 0 Å². The Morgan fingerprint density at radius 3 is 2.17 bits per heavy atom. The van der Waals surface area contributed by atoms with Gasteiger partial charge in [-0.15, -0.1) is 0 Å². The Bertz CT molecular complexity index is 600. The zero-order chi connectivity index (χ0) is 17.9. The normalized spacial score (nSPS) is 36.1. The van der Waals surface area contributed by atoms with E-state index in [2.05, 4.69) is 78.7 Å². The number of hydroxylamine groups is 2. The molecular weight excluding hydrogens is 294 g/mol. The molecule has 1 aromatic rings. The van der Waals surface area contributed by atoms with E-state index in [-0.39, 0.29) is 11.0 Å². The maximum Gasteiger partial charge on any atom is 0.0888 e. The van der Waals surface area contributed by atoms with Crippen molar-refractivity contribution in [1.29, 1.82) is 0 Å². The maximum atomic E-state index is 6.44. The molecule has 0 aromatic heterocycles. The summed E-state index contributed by atoms with van der Waals surface area (Å²) in [6, 6.07) is 8.07. The summed E-state index contributed by atoms with van der Waals surface area (Å²) in [6.07, 6.45) is 2.45. The Balaban J connectivity index is 1.98. The van der Waals surface area contributed by atoms with Crippen LogP contribution in [-0.4, -0.2) is 22.7 Å². The number of benzene rings is 1. The number of hydrogen-bond donors (Lipinski definition) is 0. The van der Waals surface area contributed by atoms with Crippen molar-refractivity contribution < 1.29 is 4.84 Å². The van der Waals surface area contributed by atoms with Crippen molar-refractivity contribution in [3.05, 3.63) is 34.9 Å². The third-order valence-electron chi connectivity index (χ3n) is 6.39. The second-order valence-electron chi connectivity index (χ2n) is 9.57. The second kappa shape index (κ2) is 5.85. The smallest absolute Gasteiger partial charge is 0.0888 e. The Morgan fingerprint density at radius 1 is 1.04 bits per heavy atom. The second-order valence-corrected chi connectivity index (χ2v) is 9.57. The number of nitrogens with zero attached hydrogens (tertiary/aromatic N) is 1. The molecular formula is C22H35NO. The van der Waals surface area contributed by atoms with Crippen molar-refractivity contribution in [3.63, 3.8) is 0 Å². The van der Waals surface area contributed by atoms with Gasteiger partial charge in [-0.2, -0.15) is 5.06 Å². The summed E-state index contributed by atoms with van der Waals surface area (Å²) < 4.78 is 0. The first-order valence-corrected chi connectivity index (χ1v) is 9.60. The standard InChI is InChI=1S/C22H35NO/c1-14(2)23-20-17(5)12-22(8,13-19(20)21(6,7)24-23)18-10-15(3)9-16(4)11-18/h9-11,14,17,19-20H,12-13H2,1-8H3. The Labute approximate surface area is 148 Å². The summed E-state index contributed by atoms with van der Waals surface area (Å²) in [5, 5.41) is 2.30. The van der Waals surface area contributed by atoms with Crippen LogP contribution in [0, 0.1) is 25.7 Å². The van der Waals surface area contributed by atoms with Gasteiger partial charge in [-0.3, -0.25) is 4.84 Å². The van der Waals surface area contributed by atoms with Gasteiger partial charge in [-0.25, -0.2) is 0 Å². The quantitative estimate of drug-likeness (QED) is 0.719. The molecule has 0 radical (unpaired) electrons. The lowest BCUT2D eigenvalue weighted by Gasteiger charge is -2.47. The molecule has 1 saturated heterocycles. The topological polar surface area (TPSA) is 12.5 Å². The average Bonchev–Trinajstić information content (AvgIpc) is 2.70. The molecule has 2 fully saturated rings. The molecule has 2 nitrogen and oxygen atoms in total. The van der Waals surface area contributed by atoms with Crippen LogP contribution < -0.4 is 0 Å². The number of hydrogen-bond acceptors (Lipinski definition) is 2. The number of fused-ring (bicyclic) bond motifs is 1. The van der Waals surface area contributed by atoms with Crippen LogP contribution in [0.1, 0.15) is 71.1 Å². The van der Waals surface area contributed by atoms with Gasteiger partial charge < -0.3 is 0 Å². The lowest BCUT2D eigenvalue weighted by Crippen LogP contribution is -2.50. The average molecular weight is 330 g/mol. The maximum absolute atomic E-state index is 6.44. The number of aryl methyl sites for hydroxylation is 2. The van der Waals surface area contributed by atoms with Gasteiger partial charge in [0.2, 0.25) is 0 Å². The van der Waals surface area contributed by atoms with Crippen LogP contribution in [0.15, 0.2) is 18.2 Å². The van der Waals surface area contributed by atoms with E-state index in [4.69, 9.17) is 4.84 Å². The fourth-order valence-corrected chi connectivity index (χ4v) is 5.41. The Hall–Kier alpha value is -0.860. The van der Waals surface area contributed by atoms with Crippen molar-refractivity contribution in [2.24, 2.45) is 11.8 Å². The highest BCUT2D eigenvalue weighted by Crippen LogP contribution is 2.54. The largest absolute Gasteiger partial charge is 0.292 e. The third kappa shape index (κ3) is 2.93. The molecule has 0 spiro atoms. The van der Waals surface area contributed by atoms with Gasteiger partial charge in [0.25, 0.3) is 0 Å². The minimum absolute atomic E-state index is 0.0796. The summed E-state index contributed by atoms with van der Waals surface area (Å²) in [7, 11) is 0. The van der Waals surface area contributed by atoms with Crippen LogP contribution >= 0.6 is 0 Å². The van der Waals surface area contributed by atoms with Crippen LogP contribution in [-0.2, 0) is 10.3 Å². The minimum atomic E-state index is -0.0796. The van der Waals surface area contributed by atoms with E-state index in [1.165, 1.54) is 29.5 Å². The van der Waals surface area contributed by atoms with Crippen molar-refractivity contribution in [1.82, 2.24) is 5.06 Å². The van der Waals surface area contributed by atoms with Crippen LogP contribution in [0.4, 0.5) is 0 Å². The van der Waals surface area contributed by atoms with Gasteiger partial charge in [-0.05, 0) is 71.3 Å². The van der Waals surface area contributed by atoms with Gasteiger partial charge in [0.05, 0.1) is 5.60 Å². The molecule has 0 bridgehead atoms. The molecule has 1 aliphatic heterocycles. The van der Waals surface area contributed by atoms with E-state index < -0.39 is 0 Å². The van der Waals surface area contributed by atoms with E-state index >= 15 is 0 Å². The fraction of sp³-hybridized carbons (Fsp3) is 0.727. The fourth-order valence-electron chi connectivity index (χ4n) is 5.41. The lowest BCUT2D eigenvalue weighted by atomic mass is 9.59. The van der Waals surface area contributed by atoms with Gasteiger partial charge in [0, 0.05) is 18.0 Å². The first-order chi connectivity index (χ1) is 11.0. The summed E-state index contributed by atoms with van der Waals surface area (Å²) in [6.45, 7) is 18.4. The molecule has 1 heterocycles. The van der Waals surface area contributed by atoms with Crippen molar-refractivity contribution in [3.8, 4) is 0 Å². The Morgan fingerprint density at radius 2 is 1.62 bits per heavy atom. The number of rotatable bonds is 2.